The first kappa shape index (κ1) is 13.8. The molecule has 3 nitrogen and oxygen atoms in total. The van der Waals surface area contributed by atoms with Gasteiger partial charge in [-0.25, -0.2) is 0 Å². The van der Waals surface area contributed by atoms with Crippen LogP contribution in [-0.4, -0.2) is 22.8 Å². The first-order valence-corrected chi connectivity index (χ1v) is 7.41. The number of amides is 1. The van der Waals surface area contributed by atoms with Gasteiger partial charge in [-0.1, -0.05) is 6.42 Å². The summed E-state index contributed by atoms with van der Waals surface area (Å²) in [5.41, 5.74) is 0.586. The van der Waals surface area contributed by atoms with Crippen LogP contribution in [0.3, 0.4) is 0 Å². The van der Waals surface area contributed by atoms with Crippen molar-refractivity contribution in [3.8, 4) is 0 Å². The minimum Gasteiger partial charge on any atom is -0.352 e. The van der Waals surface area contributed by atoms with E-state index in [-0.39, 0.29) is 11.3 Å². The standard InChI is InChI=1S/C13H16BrClN2O/c14-11-5-10(7-16-8-11)13(18)17-6-9-2-1-3-12(15)4-9/h5,7-9,12H,1-4,6H2,(H,17,18). The molecule has 0 aromatic carbocycles. The Morgan fingerprint density at radius 3 is 3.06 bits per heavy atom. The minimum atomic E-state index is -0.0690. The smallest absolute Gasteiger partial charge is 0.252 e. The van der Waals surface area contributed by atoms with Gasteiger partial charge in [-0.3, -0.25) is 9.78 Å². The molecular weight excluding hydrogens is 316 g/mol. The number of alkyl halides is 1. The second-order valence-electron chi connectivity index (χ2n) is 4.73. The summed E-state index contributed by atoms with van der Waals surface area (Å²) in [5.74, 6) is 0.436. The van der Waals surface area contributed by atoms with E-state index in [0.29, 0.717) is 18.0 Å². The van der Waals surface area contributed by atoms with Gasteiger partial charge in [0.05, 0.1) is 5.56 Å². The third-order valence-corrected chi connectivity index (χ3v) is 4.07. The number of rotatable bonds is 3. The number of halogens is 2. The van der Waals surface area contributed by atoms with Crippen LogP contribution in [0.1, 0.15) is 36.0 Å². The van der Waals surface area contributed by atoms with E-state index < -0.39 is 0 Å². The number of hydrogen-bond acceptors (Lipinski definition) is 2. The summed E-state index contributed by atoms with van der Waals surface area (Å²) in [5, 5.41) is 3.23. The summed E-state index contributed by atoms with van der Waals surface area (Å²) in [6.07, 6.45) is 7.65. The van der Waals surface area contributed by atoms with Crippen LogP contribution < -0.4 is 5.32 Å². The van der Waals surface area contributed by atoms with E-state index in [4.69, 9.17) is 11.6 Å². The van der Waals surface area contributed by atoms with Gasteiger partial charge >= 0.3 is 0 Å². The van der Waals surface area contributed by atoms with Gasteiger partial charge in [-0.2, -0.15) is 0 Å². The summed E-state index contributed by atoms with van der Waals surface area (Å²) in [4.78, 5) is 15.9. The molecule has 1 N–H and O–H groups in total. The number of nitrogens with zero attached hydrogens (tertiary/aromatic N) is 1. The Bertz CT molecular complexity index is 427. The molecule has 2 rings (SSSR count). The average Bonchev–Trinajstić information content (AvgIpc) is 2.36. The highest BCUT2D eigenvalue weighted by molar-refractivity contribution is 9.10. The SMILES string of the molecule is O=C(NCC1CCCC(Cl)C1)c1cncc(Br)c1. The van der Waals surface area contributed by atoms with E-state index in [0.717, 1.165) is 30.2 Å². The lowest BCUT2D eigenvalue weighted by Crippen LogP contribution is -2.32. The zero-order valence-electron chi connectivity index (χ0n) is 10.0. The summed E-state index contributed by atoms with van der Waals surface area (Å²) in [7, 11) is 0. The van der Waals surface area contributed by atoms with E-state index in [9.17, 15) is 4.79 Å². The fraction of sp³-hybridized carbons (Fsp3) is 0.538. The van der Waals surface area contributed by atoms with Crippen molar-refractivity contribution < 1.29 is 4.79 Å². The molecule has 2 unspecified atom stereocenters. The molecule has 1 aromatic rings. The van der Waals surface area contributed by atoms with Gasteiger partial charge in [-0.05, 0) is 47.2 Å². The molecule has 1 saturated carbocycles. The Labute approximate surface area is 120 Å². The zero-order chi connectivity index (χ0) is 13.0. The van der Waals surface area contributed by atoms with E-state index in [2.05, 4.69) is 26.2 Å². The lowest BCUT2D eigenvalue weighted by Gasteiger charge is -2.25. The van der Waals surface area contributed by atoms with Crippen LogP contribution in [0, 0.1) is 5.92 Å². The monoisotopic (exact) mass is 330 g/mol. The van der Waals surface area contributed by atoms with Gasteiger partial charge in [-0.15, -0.1) is 11.6 Å². The van der Waals surface area contributed by atoms with Crippen LogP contribution in [-0.2, 0) is 0 Å². The Balaban J connectivity index is 1.84. The Kier molecular flexibility index (Phi) is 5.01. The van der Waals surface area contributed by atoms with Crippen molar-refractivity contribution in [3.05, 3.63) is 28.5 Å². The maximum absolute atomic E-state index is 11.9. The molecule has 1 aromatic heterocycles. The molecule has 18 heavy (non-hydrogen) atoms. The quantitative estimate of drug-likeness (QED) is 0.863. The van der Waals surface area contributed by atoms with Crippen LogP contribution in [0.5, 0.6) is 0 Å². The van der Waals surface area contributed by atoms with Crippen LogP contribution in [0.2, 0.25) is 0 Å². The third kappa shape index (κ3) is 3.95. The molecule has 5 heteroatoms. The predicted molar refractivity (Wildman–Crippen MR) is 75.9 cm³/mol. The van der Waals surface area contributed by atoms with Crippen LogP contribution >= 0.6 is 27.5 Å². The number of hydrogen-bond donors (Lipinski definition) is 1. The van der Waals surface area contributed by atoms with Crippen molar-refractivity contribution in [3.63, 3.8) is 0 Å². The molecule has 98 valence electrons. The molecule has 1 heterocycles. The molecule has 1 amide bonds. The Morgan fingerprint density at radius 2 is 2.33 bits per heavy atom. The van der Waals surface area contributed by atoms with Crippen LogP contribution in [0.15, 0.2) is 22.9 Å². The Morgan fingerprint density at radius 1 is 1.50 bits per heavy atom. The van der Waals surface area contributed by atoms with Gasteiger partial charge in [0.15, 0.2) is 0 Å². The molecule has 0 aliphatic heterocycles. The van der Waals surface area contributed by atoms with E-state index >= 15 is 0 Å². The van der Waals surface area contributed by atoms with Crippen molar-refractivity contribution in [2.75, 3.05) is 6.54 Å². The summed E-state index contributed by atoms with van der Waals surface area (Å²) < 4.78 is 0.814. The Hall–Kier alpha value is -0.610. The summed E-state index contributed by atoms with van der Waals surface area (Å²) in [6.45, 7) is 0.703. The topological polar surface area (TPSA) is 42.0 Å². The predicted octanol–water partition coefficient (Wildman–Crippen LogP) is 3.37. The lowest BCUT2D eigenvalue weighted by atomic mass is 9.89. The maximum Gasteiger partial charge on any atom is 0.252 e. The molecular formula is C13H16BrClN2O. The second-order valence-corrected chi connectivity index (χ2v) is 6.26. The minimum absolute atomic E-state index is 0.0690. The largest absolute Gasteiger partial charge is 0.352 e. The molecule has 2 atom stereocenters. The van der Waals surface area contributed by atoms with E-state index in [1.54, 1.807) is 18.5 Å². The van der Waals surface area contributed by atoms with Gasteiger partial charge in [0, 0.05) is 28.8 Å². The molecule has 0 radical (unpaired) electrons. The van der Waals surface area contributed by atoms with E-state index in [1.165, 1.54) is 0 Å². The fourth-order valence-electron chi connectivity index (χ4n) is 2.29. The highest BCUT2D eigenvalue weighted by atomic mass is 79.9. The number of aromatic nitrogens is 1. The number of nitrogens with one attached hydrogen (secondary N) is 1. The number of carbonyl (C=O) groups excluding carboxylic acids is 1. The highest BCUT2D eigenvalue weighted by Gasteiger charge is 2.20. The third-order valence-electron chi connectivity index (χ3n) is 3.24. The normalized spacial score (nSPS) is 23.7. The van der Waals surface area contributed by atoms with E-state index in [1.807, 2.05) is 0 Å². The fourth-order valence-corrected chi connectivity index (χ4v) is 3.06. The highest BCUT2D eigenvalue weighted by Crippen LogP contribution is 2.27. The number of carbonyl (C=O) groups is 1. The van der Waals surface area contributed by atoms with Crippen molar-refractivity contribution in [1.82, 2.24) is 10.3 Å². The average molecular weight is 332 g/mol. The summed E-state index contributed by atoms with van der Waals surface area (Å²) >= 11 is 9.44. The van der Waals surface area contributed by atoms with Crippen LogP contribution in [0.4, 0.5) is 0 Å². The second kappa shape index (κ2) is 6.53. The molecule has 0 bridgehead atoms. The van der Waals surface area contributed by atoms with Crippen molar-refractivity contribution in [2.45, 2.75) is 31.1 Å². The molecule has 0 saturated heterocycles. The molecule has 1 fully saturated rings. The van der Waals surface area contributed by atoms with Crippen molar-refractivity contribution >= 4 is 33.4 Å². The summed E-state index contributed by atoms with van der Waals surface area (Å²) in [6, 6.07) is 1.77. The zero-order valence-corrected chi connectivity index (χ0v) is 12.4. The maximum atomic E-state index is 11.9. The molecule has 1 aliphatic carbocycles. The van der Waals surface area contributed by atoms with Gasteiger partial charge in [0.1, 0.15) is 0 Å². The molecule has 1 aliphatic rings. The van der Waals surface area contributed by atoms with Gasteiger partial charge < -0.3 is 5.32 Å². The number of pyridine rings is 1. The first-order chi connectivity index (χ1) is 8.65. The van der Waals surface area contributed by atoms with Gasteiger partial charge in [0.2, 0.25) is 0 Å². The van der Waals surface area contributed by atoms with Crippen molar-refractivity contribution in [1.29, 1.82) is 0 Å². The van der Waals surface area contributed by atoms with Gasteiger partial charge in [0.25, 0.3) is 5.91 Å². The lowest BCUT2D eigenvalue weighted by molar-refractivity contribution is 0.0943. The molecule has 0 spiro atoms. The first-order valence-electron chi connectivity index (χ1n) is 6.18. The van der Waals surface area contributed by atoms with Crippen LogP contribution in [0.25, 0.3) is 0 Å². The van der Waals surface area contributed by atoms with Crippen molar-refractivity contribution in [2.24, 2.45) is 5.92 Å².